The van der Waals surface area contributed by atoms with Gasteiger partial charge in [0.25, 0.3) is 0 Å². The third kappa shape index (κ3) is 2.89. The summed E-state index contributed by atoms with van der Waals surface area (Å²) in [5, 5.41) is 4.88. The van der Waals surface area contributed by atoms with Crippen molar-refractivity contribution in [2.75, 3.05) is 14.2 Å². The molecule has 0 aliphatic carbocycles. The summed E-state index contributed by atoms with van der Waals surface area (Å²) in [6.45, 7) is 0. The Morgan fingerprint density at radius 2 is 0.967 bits per heavy atom. The highest BCUT2D eigenvalue weighted by Gasteiger charge is 2.18. The van der Waals surface area contributed by atoms with Crippen molar-refractivity contribution in [3.05, 3.63) is 97.1 Å². The third-order valence-corrected chi connectivity index (χ3v) is 5.69. The second kappa shape index (κ2) is 7.57. The predicted octanol–water partition coefficient (Wildman–Crippen LogP) is 7.34. The van der Waals surface area contributed by atoms with Crippen LogP contribution in [0.2, 0.25) is 0 Å². The van der Waals surface area contributed by atoms with Gasteiger partial charge in [-0.3, -0.25) is 0 Å². The third-order valence-electron chi connectivity index (χ3n) is 5.69. The Kier molecular flexibility index (Phi) is 4.61. The summed E-state index contributed by atoms with van der Waals surface area (Å²) in [5.74, 6) is 1.74. The summed E-state index contributed by atoms with van der Waals surface area (Å²) in [5.41, 5.74) is 4.72. The number of fused-ring (bicyclic) bond motifs is 2. The van der Waals surface area contributed by atoms with Crippen LogP contribution in [-0.2, 0) is 0 Å². The lowest BCUT2D eigenvalue weighted by molar-refractivity contribution is 0.415. The van der Waals surface area contributed by atoms with Crippen molar-refractivity contribution in [3.8, 4) is 33.8 Å². The van der Waals surface area contributed by atoms with Crippen molar-refractivity contribution in [2.45, 2.75) is 0 Å². The van der Waals surface area contributed by atoms with Gasteiger partial charge in [0, 0.05) is 11.1 Å². The molecule has 0 N–H and O–H groups in total. The number of benzene rings is 5. The van der Waals surface area contributed by atoms with Gasteiger partial charge in [-0.1, -0.05) is 78.9 Å². The van der Waals surface area contributed by atoms with Crippen molar-refractivity contribution >= 4 is 21.5 Å². The first-order chi connectivity index (χ1) is 14.8. The van der Waals surface area contributed by atoms with E-state index in [1.807, 2.05) is 24.3 Å². The molecular weight excluding hydrogens is 368 g/mol. The molecule has 0 aliphatic heterocycles. The summed E-state index contributed by atoms with van der Waals surface area (Å²) in [7, 11) is 3.43. The molecule has 0 fully saturated rings. The highest BCUT2D eigenvalue weighted by atomic mass is 16.5. The van der Waals surface area contributed by atoms with Crippen LogP contribution in [0.25, 0.3) is 43.8 Å². The molecule has 0 aromatic heterocycles. The maximum absolute atomic E-state index is 5.72. The number of rotatable bonds is 4. The number of para-hydroxylation sites is 1. The molecule has 5 aromatic rings. The largest absolute Gasteiger partial charge is 0.497 e. The van der Waals surface area contributed by atoms with E-state index in [4.69, 9.17) is 9.47 Å². The molecule has 0 aliphatic rings. The number of methoxy groups -OCH3 is 2. The zero-order valence-corrected chi connectivity index (χ0v) is 17.1. The van der Waals surface area contributed by atoms with E-state index in [-0.39, 0.29) is 0 Å². The number of hydrogen-bond donors (Lipinski definition) is 0. The highest BCUT2D eigenvalue weighted by Crippen LogP contribution is 2.45. The first-order valence-electron chi connectivity index (χ1n) is 10.0. The van der Waals surface area contributed by atoms with Crippen LogP contribution in [0.15, 0.2) is 97.1 Å². The summed E-state index contributed by atoms with van der Waals surface area (Å²) in [6.07, 6.45) is 0. The molecule has 0 unspecified atom stereocenters. The molecule has 5 aromatic carbocycles. The van der Waals surface area contributed by atoms with Crippen molar-refractivity contribution in [1.82, 2.24) is 0 Å². The van der Waals surface area contributed by atoms with Gasteiger partial charge >= 0.3 is 0 Å². The van der Waals surface area contributed by atoms with Crippen LogP contribution in [0.5, 0.6) is 11.5 Å². The van der Waals surface area contributed by atoms with Crippen LogP contribution in [0.4, 0.5) is 0 Å². The van der Waals surface area contributed by atoms with Gasteiger partial charge in [-0.25, -0.2) is 0 Å². The van der Waals surface area contributed by atoms with E-state index in [0.717, 1.165) is 17.1 Å². The van der Waals surface area contributed by atoms with Crippen LogP contribution in [-0.4, -0.2) is 14.2 Å². The topological polar surface area (TPSA) is 18.5 Å². The molecule has 0 bridgehead atoms. The van der Waals surface area contributed by atoms with Gasteiger partial charge in [-0.05, 0) is 50.9 Å². The molecule has 5 rings (SSSR count). The van der Waals surface area contributed by atoms with Crippen LogP contribution in [0.1, 0.15) is 0 Å². The Hall–Kier alpha value is -3.78. The lowest BCUT2D eigenvalue weighted by Gasteiger charge is -2.19. The average molecular weight is 390 g/mol. The molecule has 0 amide bonds. The van der Waals surface area contributed by atoms with Crippen molar-refractivity contribution in [2.24, 2.45) is 0 Å². The maximum Gasteiger partial charge on any atom is 0.126 e. The lowest BCUT2D eigenvalue weighted by atomic mass is 9.86. The van der Waals surface area contributed by atoms with E-state index < -0.39 is 0 Å². The van der Waals surface area contributed by atoms with E-state index >= 15 is 0 Å². The van der Waals surface area contributed by atoms with Crippen molar-refractivity contribution in [1.29, 1.82) is 0 Å². The number of ether oxygens (including phenoxy) is 2. The Bertz CT molecular complexity index is 1290. The first-order valence-corrected chi connectivity index (χ1v) is 10.0. The Balaban J connectivity index is 1.94. The van der Waals surface area contributed by atoms with Gasteiger partial charge in [0.15, 0.2) is 0 Å². The first kappa shape index (κ1) is 18.3. The van der Waals surface area contributed by atoms with Gasteiger partial charge < -0.3 is 9.47 Å². The summed E-state index contributed by atoms with van der Waals surface area (Å²) < 4.78 is 11.1. The Labute approximate surface area is 176 Å². The van der Waals surface area contributed by atoms with Crippen LogP contribution in [0, 0.1) is 0 Å². The molecular formula is C28H22O2. The smallest absolute Gasteiger partial charge is 0.126 e. The van der Waals surface area contributed by atoms with Gasteiger partial charge in [0.2, 0.25) is 0 Å². The number of hydrogen-bond acceptors (Lipinski definition) is 2. The van der Waals surface area contributed by atoms with Gasteiger partial charge in [-0.15, -0.1) is 0 Å². The molecule has 146 valence electrons. The molecule has 0 saturated heterocycles. The summed E-state index contributed by atoms with van der Waals surface area (Å²) in [6, 6.07) is 33.8. The molecule has 0 radical (unpaired) electrons. The highest BCUT2D eigenvalue weighted by molar-refractivity contribution is 6.21. The minimum Gasteiger partial charge on any atom is -0.497 e. The van der Waals surface area contributed by atoms with Crippen molar-refractivity contribution < 1.29 is 9.47 Å². The van der Waals surface area contributed by atoms with Crippen LogP contribution >= 0.6 is 0 Å². The van der Waals surface area contributed by atoms with E-state index in [0.29, 0.717) is 0 Å². The predicted molar refractivity (Wildman–Crippen MR) is 125 cm³/mol. The second-order valence-electron chi connectivity index (χ2n) is 7.27. The molecule has 2 nitrogen and oxygen atoms in total. The monoisotopic (exact) mass is 390 g/mol. The van der Waals surface area contributed by atoms with E-state index in [1.165, 1.54) is 38.2 Å². The van der Waals surface area contributed by atoms with E-state index in [1.54, 1.807) is 14.2 Å². The fourth-order valence-corrected chi connectivity index (χ4v) is 4.34. The SMILES string of the molecule is COc1ccc(-c2c3ccccc3c(-c3ccccc3OC)c3ccccc23)cc1. The fourth-order valence-electron chi connectivity index (χ4n) is 4.34. The van der Waals surface area contributed by atoms with E-state index in [9.17, 15) is 0 Å². The van der Waals surface area contributed by atoms with Gasteiger partial charge in [-0.2, -0.15) is 0 Å². The fraction of sp³-hybridized carbons (Fsp3) is 0.0714. The average Bonchev–Trinajstić information content (AvgIpc) is 2.82. The molecule has 2 heteroatoms. The molecule has 0 saturated carbocycles. The minimum absolute atomic E-state index is 0.859. The zero-order chi connectivity index (χ0) is 20.5. The maximum atomic E-state index is 5.72. The van der Waals surface area contributed by atoms with E-state index in [2.05, 4.69) is 72.8 Å². The quantitative estimate of drug-likeness (QED) is 0.299. The molecule has 30 heavy (non-hydrogen) atoms. The standard InChI is InChI=1S/C28H22O2/c1-29-20-17-15-19(16-18-20)27-21-9-3-5-11-23(21)28(24-12-6-4-10-22(24)27)25-13-7-8-14-26(25)30-2/h3-18H,1-2H3. The second-order valence-corrected chi connectivity index (χ2v) is 7.27. The lowest BCUT2D eigenvalue weighted by Crippen LogP contribution is -1.93. The zero-order valence-electron chi connectivity index (χ0n) is 17.1. The Morgan fingerprint density at radius 3 is 1.50 bits per heavy atom. The van der Waals surface area contributed by atoms with Gasteiger partial charge in [0.1, 0.15) is 11.5 Å². The van der Waals surface area contributed by atoms with Crippen LogP contribution < -0.4 is 9.47 Å². The minimum atomic E-state index is 0.859. The van der Waals surface area contributed by atoms with Crippen LogP contribution in [0.3, 0.4) is 0 Å². The summed E-state index contributed by atoms with van der Waals surface area (Å²) in [4.78, 5) is 0. The normalized spacial score (nSPS) is 11.0. The Morgan fingerprint density at radius 1 is 0.467 bits per heavy atom. The molecule has 0 spiro atoms. The van der Waals surface area contributed by atoms with Gasteiger partial charge in [0.05, 0.1) is 14.2 Å². The molecule has 0 atom stereocenters. The summed E-state index contributed by atoms with van der Waals surface area (Å²) >= 11 is 0. The molecule has 0 heterocycles. The van der Waals surface area contributed by atoms with Crippen molar-refractivity contribution in [3.63, 3.8) is 0 Å².